The normalized spacial score (nSPS) is 21.2. The fourth-order valence-electron chi connectivity index (χ4n) is 2.40. The minimum atomic E-state index is 0.261. The highest BCUT2D eigenvalue weighted by molar-refractivity contribution is 6.35. The Kier molecular flexibility index (Phi) is 5.31. The predicted octanol–water partition coefficient (Wildman–Crippen LogP) is 4.07. The molecule has 1 aliphatic rings. The van der Waals surface area contributed by atoms with Gasteiger partial charge in [0.05, 0.1) is 6.61 Å². The van der Waals surface area contributed by atoms with Crippen molar-refractivity contribution in [1.82, 2.24) is 5.32 Å². The van der Waals surface area contributed by atoms with Gasteiger partial charge in [-0.15, -0.1) is 0 Å². The zero-order valence-corrected chi connectivity index (χ0v) is 12.1. The summed E-state index contributed by atoms with van der Waals surface area (Å²) >= 11 is 12.3. The zero-order chi connectivity index (χ0) is 13.0. The molecule has 2 atom stereocenters. The Morgan fingerprint density at radius 3 is 2.89 bits per heavy atom. The molecule has 0 amide bonds. The number of hydrogen-bond donors (Lipinski definition) is 1. The second-order valence-electron chi connectivity index (χ2n) is 4.72. The van der Waals surface area contributed by atoms with Crippen molar-refractivity contribution < 1.29 is 4.74 Å². The molecule has 1 saturated heterocycles. The van der Waals surface area contributed by atoms with E-state index in [9.17, 15) is 0 Å². The van der Waals surface area contributed by atoms with E-state index in [0.29, 0.717) is 10.9 Å². The monoisotopic (exact) mass is 287 g/mol. The van der Waals surface area contributed by atoms with Crippen molar-refractivity contribution in [1.29, 1.82) is 0 Å². The summed E-state index contributed by atoms with van der Waals surface area (Å²) < 4.78 is 5.49. The SMILES string of the molecule is CCCNC(c1ccc(Cl)cc1Cl)C1CCOC1. The lowest BCUT2D eigenvalue weighted by atomic mass is 9.92. The van der Waals surface area contributed by atoms with E-state index in [0.717, 1.165) is 43.2 Å². The van der Waals surface area contributed by atoms with Crippen LogP contribution in [0.4, 0.5) is 0 Å². The topological polar surface area (TPSA) is 21.3 Å². The molecule has 0 bridgehead atoms. The molecule has 2 nitrogen and oxygen atoms in total. The summed E-state index contributed by atoms with van der Waals surface area (Å²) in [5, 5.41) is 5.00. The van der Waals surface area contributed by atoms with Crippen LogP contribution in [-0.4, -0.2) is 19.8 Å². The summed E-state index contributed by atoms with van der Waals surface area (Å²) in [7, 11) is 0. The minimum Gasteiger partial charge on any atom is -0.381 e. The standard InChI is InChI=1S/C14H19Cl2NO/c1-2-6-17-14(10-5-7-18-9-10)12-4-3-11(15)8-13(12)16/h3-4,8,10,14,17H,2,5-7,9H2,1H3. The van der Waals surface area contributed by atoms with Gasteiger partial charge in [-0.2, -0.15) is 0 Å². The molecule has 4 heteroatoms. The van der Waals surface area contributed by atoms with Crippen molar-refractivity contribution in [3.8, 4) is 0 Å². The van der Waals surface area contributed by atoms with E-state index in [-0.39, 0.29) is 6.04 Å². The Hall–Kier alpha value is -0.280. The number of nitrogens with one attached hydrogen (secondary N) is 1. The first-order valence-corrected chi connectivity index (χ1v) is 7.24. The first kappa shape index (κ1) is 14.1. The van der Waals surface area contributed by atoms with Crippen molar-refractivity contribution >= 4 is 23.2 Å². The van der Waals surface area contributed by atoms with E-state index < -0.39 is 0 Å². The fourth-order valence-corrected chi connectivity index (χ4v) is 2.93. The Morgan fingerprint density at radius 1 is 1.44 bits per heavy atom. The lowest BCUT2D eigenvalue weighted by Gasteiger charge is -2.25. The van der Waals surface area contributed by atoms with Crippen molar-refractivity contribution in [3.63, 3.8) is 0 Å². The summed E-state index contributed by atoms with van der Waals surface area (Å²) in [5.74, 6) is 0.496. The highest BCUT2D eigenvalue weighted by Crippen LogP contribution is 2.34. The van der Waals surface area contributed by atoms with Crippen LogP contribution in [0.3, 0.4) is 0 Å². The maximum Gasteiger partial charge on any atom is 0.0513 e. The van der Waals surface area contributed by atoms with Crippen LogP contribution in [-0.2, 0) is 4.74 Å². The van der Waals surface area contributed by atoms with Crippen LogP contribution in [0, 0.1) is 5.92 Å². The number of hydrogen-bond acceptors (Lipinski definition) is 2. The van der Waals surface area contributed by atoms with Gasteiger partial charge >= 0.3 is 0 Å². The molecule has 2 unspecified atom stereocenters. The van der Waals surface area contributed by atoms with Gasteiger partial charge in [0.15, 0.2) is 0 Å². The molecule has 1 fully saturated rings. The molecule has 0 spiro atoms. The van der Waals surface area contributed by atoms with Gasteiger partial charge in [0.1, 0.15) is 0 Å². The van der Waals surface area contributed by atoms with E-state index in [1.54, 1.807) is 0 Å². The number of benzene rings is 1. The Labute approximate surface area is 119 Å². The van der Waals surface area contributed by atoms with Crippen LogP contribution < -0.4 is 5.32 Å². The predicted molar refractivity (Wildman–Crippen MR) is 76.4 cm³/mol. The Morgan fingerprint density at radius 2 is 2.28 bits per heavy atom. The number of rotatable bonds is 5. The molecule has 0 radical (unpaired) electrons. The van der Waals surface area contributed by atoms with Crippen LogP contribution >= 0.6 is 23.2 Å². The quantitative estimate of drug-likeness (QED) is 0.881. The van der Waals surface area contributed by atoms with Crippen molar-refractivity contribution in [3.05, 3.63) is 33.8 Å². The molecule has 0 saturated carbocycles. The van der Waals surface area contributed by atoms with Gasteiger partial charge in [-0.05, 0) is 37.1 Å². The van der Waals surface area contributed by atoms with Gasteiger partial charge in [0.2, 0.25) is 0 Å². The van der Waals surface area contributed by atoms with E-state index in [1.165, 1.54) is 0 Å². The highest BCUT2D eigenvalue weighted by atomic mass is 35.5. The fraction of sp³-hybridized carbons (Fsp3) is 0.571. The van der Waals surface area contributed by atoms with Crippen LogP contribution in [0.1, 0.15) is 31.4 Å². The average molecular weight is 288 g/mol. The van der Waals surface area contributed by atoms with Gasteiger partial charge in [0, 0.05) is 28.6 Å². The van der Waals surface area contributed by atoms with Crippen molar-refractivity contribution in [2.75, 3.05) is 19.8 Å². The molecule has 2 rings (SSSR count). The maximum absolute atomic E-state index is 6.32. The maximum atomic E-state index is 6.32. The third-order valence-electron chi connectivity index (χ3n) is 3.35. The van der Waals surface area contributed by atoms with Crippen LogP contribution in [0.25, 0.3) is 0 Å². The van der Waals surface area contributed by atoms with Gasteiger partial charge in [-0.1, -0.05) is 36.2 Å². The van der Waals surface area contributed by atoms with Gasteiger partial charge in [0.25, 0.3) is 0 Å². The first-order valence-electron chi connectivity index (χ1n) is 6.48. The summed E-state index contributed by atoms with van der Waals surface area (Å²) in [5.41, 5.74) is 1.13. The van der Waals surface area contributed by atoms with Crippen molar-refractivity contribution in [2.24, 2.45) is 5.92 Å². The number of halogens is 2. The molecular weight excluding hydrogens is 269 g/mol. The third-order valence-corrected chi connectivity index (χ3v) is 3.91. The van der Waals surface area contributed by atoms with Crippen LogP contribution in [0.2, 0.25) is 10.0 Å². The highest BCUT2D eigenvalue weighted by Gasteiger charge is 2.27. The van der Waals surface area contributed by atoms with Crippen LogP contribution in [0.5, 0.6) is 0 Å². The molecule has 0 aromatic heterocycles. The second-order valence-corrected chi connectivity index (χ2v) is 5.56. The lowest BCUT2D eigenvalue weighted by Crippen LogP contribution is -2.29. The first-order chi connectivity index (χ1) is 8.72. The minimum absolute atomic E-state index is 0.261. The lowest BCUT2D eigenvalue weighted by molar-refractivity contribution is 0.176. The molecule has 1 heterocycles. The number of ether oxygens (including phenoxy) is 1. The second kappa shape index (κ2) is 6.76. The van der Waals surface area contributed by atoms with Gasteiger partial charge in [-0.25, -0.2) is 0 Å². The molecule has 1 aromatic carbocycles. The molecule has 1 aromatic rings. The summed E-state index contributed by atoms with van der Waals surface area (Å²) in [4.78, 5) is 0. The smallest absolute Gasteiger partial charge is 0.0513 e. The molecule has 0 aliphatic carbocycles. The molecule has 100 valence electrons. The van der Waals surface area contributed by atoms with E-state index in [2.05, 4.69) is 12.2 Å². The largest absolute Gasteiger partial charge is 0.381 e. The van der Waals surface area contributed by atoms with Crippen LogP contribution in [0.15, 0.2) is 18.2 Å². The van der Waals surface area contributed by atoms with Gasteiger partial charge < -0.3 is 10.1 Å². The molecule has 1 N–H and O–H groups in total. The van der Waals surface area contributed by atoms with E-state index in [4.69, 9.17) is 27.9 Å². The van der Waals surface area contributed by atoms with E-state index >= 15 is 0 Å². The zero-order valence-electron chi connectivity index (χ0n) is 10.6. The Bertz CT molecular complexity index is 391. The van der Waals surface area contributed by atoms with E-state index in [1.807, 2.05) is 18.2 Å². The van der Waals surface area contributed by atoms with Gasteiger partial charge in [-0.3, -0.25) is 0 Å². The third kappa shape index (κ3) is 3.39. The van der Waals surface area contributed by atoms with Crippen molar-refractivity contribution in [2.45, 2.75) is 25.8 Å². The molecule has 18 heavy (non-hydrogen) atoms. The molecular formula is C14H19Cl2NO. The molecule has 1 aliphatic heterocycles. The Balaban J connectivity index is 2.20. The summed E-state index contributed by atoms with van der Waals surface area (Å²) in [6, 6.07) is 6.00. The average Bonchev–Trinajstić information content (AvgIpc) is 2.85. The summed E-state index contributed by atoms with van der Waals surface area (Å²) in [6.45, 7) is 4.80. The summed E-state index contributed by atoms with van der Waals surface area (Å²) in [6.07, 6.45) is 2.19.